The first kappa shape index (κ1) is 9.92. The third-order valence-electron chi connectivity index (χ3n) is 1.61. The van der Waals surface area contributed by atoms with Gasteiger partial charge in [0.25, 0.3) is 0 Å². The highest BCUT2D eigenvalue weighted by Crippen LogP contribution is 2.20. The fourth-order valence-corrected chi connectivity index (χ4v) is 1.13. The smallest absolute Gasteiger partial charge is 0.183 e. The molecule has 4 heteroatoms. The molecule has 3 atom stereocenters. The van der Waals surface area contributed by atoms with Crippen molar-refractivity contribution >= 4 is 0 Å². The van der Waals surface area contributed by atoms with Crippen molar-refractivity contribution in [1.29, 1.82) is 0 Å². The van der Waals surface area contributed by atoms with Gasteiger partial charge in [0, 0.05) is 0 Å². The van der Waals surface area contributed by atoms with E-state index in [-0.39, 0.29) is 12.2 Å². The molecule has 1 aliphatic rings. The number of hydrogen-bond donors (Lipinski definition) is 2. The molecule has 0 aliphatic carbocycles. The number of rotatable bonds is 1. The number of aliphatic hydroxyl groups excluding tert-OH is 2. The standard InChI is InChI=1S/C8H16O4/c1-8(2,3)12-5-4-11-7(10)6(5)9/h5-7,9-10H,4H2,1-3H3. The fourth-order valence-electron chi connectivity index (χ4n) is 1.13. The zero-order valence-electron chi connectivity index (χ0n) is 7.65. The van der Waals surface area contributed by atoms with E-state index in [0.717, 1.165) is 0 Å². The Hall–Kier alpha value is -0.160. The maximum Gasteiger partial charge on any atom is 0.183 e. The van der Waals surface area contributed by atoms with Crippen LogP contribution in [0.3, 0.4) is 0 Å². The topological polar surface area (TPSA) is 58.9 Å². The Labute approximate surface area is 72.1 Å². The number of hydrogen-bond acceptors (Lipinski definition) is 4. The van der Waals surface area contributed by atoms with Gasteiger partial charge in [-0.2, -0.15) is 0 Å². The van der Waals surface area contributed by atoms with Crippen LogP contribution in [0.25, 0.3) is 0 Å². The molecule has 3 unspecified atom stereocenters. The average Bonchev–Trinajstić information content (AvgIpc) is 2.16. The third kappa shape index (κ3) is 2.42. The first-order valence-corrected chi connectivity index (χ1v) is 4.06. The lowest BCUT2D eigenvalue weighted by atomic mass is 10.1. The summed E-state index contributed by atoms with van der Waals surface area (Å²) in [6.07, 6.45) is -2.44. The van der Waals surface area contributed by atoms with Crippen LogP contribution < -0.4 is 0 Å². The van der Waals surface area contributed by atoms with Gasteiger partial charge in [-0.15, -0.1) is 0 Å². The molecule has 1 heterocycles. The molecule has 0 aromatic rings. The molecular formula is C8H16O4. The summed E-state index contributed by atoms with van der Waals surface area (Å²) < 4.78 is 10.3. The second kappa shape index (κ2) is 3.30. The lowest BCUT2D eigenvalue weighted by Crippen LogP contribution is -2.37. The second-order valence-corrected chi connectivity index (χ2v) is 3.98. The van der Waals surface area contributed by atoms with Crippen LogP contribution in [0.5, 0.6) is 0 Å². The molecule has 1 saturated heterocycles. The molecule has 4 nitrogen and oxygen atoms in total. The molecule has 0 saturated carbocycles. The highest BCUT2D eigenvalue weighted by atomic mass is 16.7. The van der Waals surface area contributed by atoms with Gasteiger partial charge in [0.1, 0.15) is 12.2 Å². The second-order valence-electron chi connectivity index (χ2n) is 3.98. The maximum absolute atomic E-state index is 9.32. The zero-order valence-corrected chi connectivity index (χ0v) is 7.65. The summed E-state index contributed by atoms with van der Waals surface area (Å²) in [6, 6.07) is 0. The van der Waals surface area contributed by atoms with Gasteiger partial charge in [-0.05, 0) is 20.8 Å². The maximum atomic E-state index is 9.32. The van der Waals surface area contributed by atoms with Crippen LogP contribution in [0, 0.1) is 0 Å². The number of aliphatic hydroxyl groups is 2. The van der Waals surface area contributed by atoms with E-state index in [9.17, 15) is 5.11 Å². The van der Waals surface area contributed by atoms with Crippen molar-refractivity contribution in [2.24, 2.45) is 0 Å². The van der Waals surface area contributed by atoms with Gasteiger partial charge in [-0.1, -0.05) is 0 Å². The van der Waals surface area contributed by atoms with Crippen LogP contribution in [0.2, 0.25) is 0 Å². The Morgan fingerprint density at radius 1 is 1.33 bits per heavy atom. The van der Waals surface area contributed by atoms with Gasteiger partial charge in [0.2, 0.25) is 0 Å². The molecular weight excluding hydrogens is 160 g/mol. The summed E-state index contributed by atoms with van der Waals surface area (Å²) >= 11 is 0. The molecule has 2 N–H and O–H groups in total. The first-order valence-electron chi connectivity index (χ1n) is 4.06. The van der Waals surface area contributed by atoms with E-state index in [4.69, 9.17) is 14.6 Å². The quantitative estimate of drug-likeness (QED) is 0.584. The molecule has 1 fully saturated rings. The molecule has 0 amide bonds. The summed E-state index contributed by atoms with van der Waals surface area (Å²) in [7, 11) is 0. The minimum absolute atomic E-state index is 0.250. The fraction of sp³-hybridized carbons (Fsp3) is 1.00. The summed E-state index contributed by atoms with van der Waals surface area (Å²) in [5.41, 5.74) is -0.320. The van der Waals surface area contributed by atoms with Crippen LogP contribution in [-0.4, -0.2) is 40.9 Å². The van der Waals surface area contributed by atoms with E-state index in [1.54, 1.807) is 0 Å². The summed E-state index contributed by atoms with van der Waals surface area (Å²) in [5, 5.41) is 18.3. The molecule has 0 bridgehead atoms. The molecule has 1 aliphatic heterocycles. The van der Waals surface area contributed by atoms with E-state index in [1.165, 1.54) is 0 Å². The Morgan fingerprint density at radius 3 is 2.25 bits per heavy atom. The Morgan fingerprint density at radius 2 is 1.92 bits per heavy atom. The van der Waals surface area contributed by atoms with Crippen LogP contribution in [0.1, 0.15) is 20.8 Å². The van der Waals surface area contributed by atoms with E-state index in [0.29, 0.717) is 0 Å². The third-order valence-corrected chi connectivity index (χ3v) is 1.61. The normalized spacial score (nSPS) is 37.2. The number of ether oxygens (including phenoxy) is 2. The monoisotopic (exact) mass is 176 g/mol. The van der Waals surface area contributed by atoms with Gasteiger partial charge in [0.05, 0.1) is 12.2 Å². The van der Waals surface area contributed by atoms with Crippen molar-refractivity contribution in [2.45, 2.75) is 44.9 Å². The van der Waals surface area contributed by atoms with Crippen molar-refractivity contribution in [1.82, 2.24) is 0 Å². The summed E-state index contributed by atoms with van der Waals surface area (Å²) in [5.74, 6) is 0. The van der Waals surface area contributed by atoms with Crippen molar-refractivity contribution in [3.63, 3.8) is 0 Å². The zero-order chi connectivity index (χ0) is 9.35. The van der Waals surface area contributed by atoms with E-state index in [1.807, 2.05) is 20.8 Å². The summed E-state index contributed by atoms with van der Waals surface area (Å²) in [6.45, 7) is 5.93. The van der Waals surface area contributed by atoms with Gasteiger partial charge in [-0.25, -0.2) is 0 Å². The Balaban J connectivity index is 2.44. The van der Waals surface area contributed by atoms with E-state index >= 15 is 0 Å². The van der Waals surface area contributed by atoms with Crippen molar-refractivity contribution in [3.8, 4) is 0 Å². The van der Waals surface area contributed by atoms with Crippen LogP contribution in [-0.2, 0) is 9.47 Å². The molecule has 0 spiro atoms. The van der Waals surface area contributed by atoms with Crippen molar-refractivity contribution in [2.75, 3.05) is 6.61 Å². The lowest BCUT2D eigenvalue weighted by molar-refractivity contribution is -0.127. The minimum atomic E-state index is -1.10. The van der Waals surface area contributed by atoms with Gasteiger partial charge < -0.3 is 19.7 Å². The largest absolute Gasteiger partial charge is 0.385 e. The molecule has 0 aromatic heterocycles. The highest BCUT2D eigenvalue weighted by Gasteiger charge is 2.37. The lowest BCUT2D eigenvalue weighted by Gasteiger charge is -2.25. The molecule has 1 rings (SSSR count). The minimum Gasteiger partial charge on any atom is -0.385 e. The van der Waals surface area contributed by atoms with E-state index in [2.05, 4.69) is 0 Å². The Kier molecular flexibility index (Phi) is 2.73. The Bertz CT molecular complexity index is 152. The SMILES string of the molecule is CC(C)(C)OC1COC(O)C1O. The van der Waals surface area contributed by atoms with Gasteiger partial charge >= 0.3 is 0 Å². The van der Waals surface area contributed by atoms with Crippen LogP contribution in [0.4, 0.5) is 0 Å². The van der Waals surface area contributed by atoms with Crippen molar-refractivity contribution < 1.29 is 19.7 Å². The molecule has 72 valence electrons. The predicted octanol–water partition coefficient (Wildman–Crippen LogP) is -0.120. The molecule has 12 heavy (non-hydrogen) atoms. The molecule has 0 radical (unpaired) electrons. The summed E-state index contributed by atoms with van der Waals surface area (Å²) in [4.78, 5) is 0. The molecule has 0 aromatic carbocycles. The van der Waals surface area contributed by atoms with Crippen LogP contribution in [0.15, 0.2) is 0 Å². The highest BCUT2D eigenvalue weighted by molar-refractivity contribution is 4.80. The first-order chi connectivity index (χ1) is 5.40. The van der Waals surface area contributed by atoms with E-state index < -0.39 is 18.5 Å². The van der Waals surface area contributed by atoms with Crippen LogP contribution >= 0.6 is 0 Å². The average molecular weight is 176 g/mol. The predicted molar refractivity (Wildman–Crippen MR) is 42.6 cm³/mol. The van der Waals surface area contributed by atoms with Crippen molar-refractivity contribution in [3.05, 3.63) is 0 Å². The van der Waals surface area contributed by atoms with Gasteiger partial charge in [0.15, 0.2) is 6.29 Å². The van der Waals surface area contributed by atoms with Gasteiger partial charge in [-0.3, -0.25) is 0 Å².